The highest BCUT2D eigenvalue weighted by molar-refractivity contribution is 5.76. The van der Waals surface area contributed by atoms with E-state index in [2.05, 4.69) is 24.0 Å². The van der Waals surface area contributed by atoms with Crippen LogP contribution >= 0.6 is 0 Å². The molecule has 7 nitrogen and oxygen atoms in total. The number of aliphatic hydroxyl groups excluding tert-OH is 2. The number of aromatic nitrogens is 2. The second-order valence-corrected chi connectivity index (χ2v) is 6.35. The molecule has 23 heavy (non-hydrogen) atoms. The van der Waals surface area contributed by atoms with Gasteiger partial charge in [-0.15, -0.1) is 0 Å². The van der Waals surface area contributed by atoms with Crippen LogP contribution in [0.1, 0.15) is 37.6 Å². The van der Waals surface area contributed by atoms with Crippen molar-refractivity contribution in [2.24, 2.45) is 0 Å². The van der Waals surface area contributed by atoms with Crippen molar-refractivity contribution in [2.45, 2.75) is 44.4 Å². The van der Waals surface area contributed by atoms with E-state index in [-0.39, 0.29) is 18.9 Å². The number of aryl methyl sites for hydroxylation is 1. The topological polar surface area (TPSA) is 81.8 Å². The van der Waals surface area contributed by atoms with E-state index in [1.807, 2.05) is 4.90 Å². The molecule has 0 radical (unpaired) electrons. The van der Waals surface area contributed by atoms with Gasteiger partial charge in [0, 0.05) is 44.7 Å². The van der Waals surface area contributed by atoms with Gasteiger partial charge in [-0.05, 0) is 33.4 Å². The van der Waals surface area contributed by atoms with Crippen molar-refractivity contribution in [1.29, 1.82) is 0 Å². The maximum absolute atomic E-state index is 12.4. The van der Waals surface area contributed by atoms with E-state index in [0.29, 0.717) is 24.8 Å². The van der Waals surface area contributed by atoms with Crippen molar-refractivity contribution in [3.05, 3.63) is 18.2 Å². The summed E-state index contributed by atoms with van der Waals surface area (Å²) in [6, 6.07) is 0.529. The van der Waals surface area contributed by atoms with E-state index in [4.69, 9.17) is 5.11 Å². The average Bonchev–Trinajstić information content (AvgIpc) is 3.01. The van der Waals surface area contributed by atoms with E-state index in [1.165, 1.54) is 0 Å². The first-order valence-electron chi connectivity index (χ1n) is 8.27. The van der Waals surface area contributed by atoms with Crippen molar-refractivity contribution in [2.75, 3.05) is 33.8 Å². The molecule has 2 heterocycles. The molecule has 2 rings (SSSR count). The molecule has 1 aromatic heterocycles. The third-order valence-electron chi connectivity index (χ3n) is 4.52. The van der Waals surface area contributed by atoms with Gasteiger partial charge in [0.1, 0.15) is 11.9 Å². The molecule has 1 fully saturated rings. The van der Waals surface area contributed by atoms with E-state index in [1.54, 1.807) is 17.0 Å². The molecule has 1 saturated heterocycles. The lowest BCUT2D eigenvalue weighted by molar-refractivity contribution is -0.135. The highest BCUT2D eigenvalue weighted by atomic mass is 16.3. The lowest BCUT2D eigenvalue weighted by atomic mass is 10.0. The minimum Gasteiger partial charge on any atom is -0.396 e. The number of piperidine rings is 1. The van der Waals surface area contributed by atoms with Crippen molar-refractivity contribution >= 4 is 5.91 Å². The predicted octanol–water partition coefficient (Wildman–Crippen LogP) is 0.242. The molecular formula is C16H28N4O3. The molecule has 0 bridgehead atoms. The van der Waals surface area contributed by atoms with Crippen LogP contribution in [0.15, 0.2) is 12.4 Å². The molecule has 7 heteroatoms. The predicted molar refractivity (Wildman–Crippen MR) is 86.8 cm³/mol. The molecule has 1 aliphatic rings. The number of hydrogen-bond donors (Lipinski definition) is 2. The van der Waals surface area contributed by atoms with Crippen molar-refractivity contribution in [3.8, 4) is 0 Å². The summed E-state index contributed by atoms with van der Waals surface area (Å²) in [5.41, 5.74) is 0. The second-order valence-electron chi connectivity index (χ2n) is 6.35. The molecule has 0 unspecified atom stereocenters. The minimum atomic E-state index is -0.900. The van der Waals surface area contributed by atoms with Crippen LogP contribution in [-0.2, 0) is 11.3 Å². The zero-order valence-electron chi connectivity index (χ0n) is 14.1. The fraction of sp³-hybridized carbons (Fsp3) is 0.750. The number of imidazole rings is 1. The van der Waals surface area contributed by atoms with E-state index in [9.17, 15) is 9.90 Å². The first kappa shape index (κ1) is 17.9. The van der Waals surface area contributed by atoms with Crippen LogP contribution in [0.3, 0.4) is 0 Å². The van der Waals surface area contributed by atoms with E-state index >= 15 is 0 Å². The molecule has 1 aliphatic heterocycles. The maximum Gasteiger partial charge on any atom is 0.225 e. The highest BCUT2D eigenvalue weighted by Crippen LogP contribution is 2.20. The summed E-state index contributed by atoms with van der Waals surface area (Å²) in [4.78, 5) is 20.6. The summed E-state index contributed by atoms with van der Waals surface area (Å²) >= 11 is 0. The lowest BCUT2D eigenvalue weighted by Crippen LogP contribution is -2.44. The standard InChI is InChI=1S/C16H28N4O3/c1-18(2)13-4-8-19(9-5-13)15(23)12-14(22)16-17-6-10-20(16)7-3-11-21/h6,10,13-14,21-22H,3-5,7-9,11-12H2,1-2H3/t14-/m0/s1. The van der Waals surface area contributed by atoms with Gasteiger partial charge in [0.2, 0.25) is 5.91 Å². The first-order chi connectivity index (χ1) is 11.0. The highest BCUT2D eigenvalue weighted by Gasteiger charge is 2.26. The summed E-state index contributed by atoms with van der Waals surface area (Å²) < 4.78 is 1.80. The van der Waals surface area contributed by atoms with Crippen LogP contribution in [0, 0.1) is 0 Å². The van der Waals surface area contributed by atoms with Crippen molar-refractivity contribution < 1.29 is 15.0 Å². The number of likely N-dealkylation sites (tertiary alicyclic amines) is 1. The fourth-order valence-electron chi connectivity index (χ4n) is 3.07. The van der Waals surface area contributed by atoms with Crippen molar-refractivity contribution in [1.82, 2.24) is 19.4 Å². The van der Waals surface area contributed by atoms with Gasteiger partial charge in [-0.2, -0.15) is 0 Å². The second kappa shape index (κ2) is 8.42. The van der Waals surface area contributed by atoms with Gasteiger partial charge in [-0.3, -0.25) is 4.79 Å². The number of nitrogens with zero attached hydrogens (tertiary/aromatic N) is 4. The zero-order valence-corrected chi connectivity index (χ0v) is 14.1. The first-order valence-corrected chi connectivity index (χ1v) is 8.27. The Kier molecular flexibility index (Phi) is 6.56. The Morgan fingerprint density at radius 1 is 1.43 bits per heavy atom. The molecule has 1 atom stereocenters. The van der Waals surface area contributed by atoms with E-state index in [0.717, 1.165) is 25.9 Å². The fourth-order valence-corrected chi connectivity index (χ4v) is 3.07. The Bertz CT molecular complexity index is 495. The molecule has 2 N–H and O–H groups in total. The molecule has 130 valence electrons. The van der Waals surface area contributed by atoms with Gasteiger partial charge in [0.05, 0.1) is 6.42 Å². The lowest BCUT2D eigenvalue weighted by Gasteiger charge is -2.35. The Hall–Kier alpha value is -1.44. The quantitative estimate of drug-likeness (QED) is 0.751. The summed E-state index contributed by atoms with van der Waals surface area (Å²) in [6.45, 7) is 2.17. The van der Waals surface area contributed by atoms with Crippen LogP contribution < -0.4 is 0 Å². The molecule has 0 aromatic carbocycles. The third-order valence-corrected chi connectivity index (χ3v) is 4.52. The number of carbonyl (C=O) groups excluding carboxylic acids is 1. The van der Waals surface area contributed by atoms with Gasteiger partial charge < -0.3 is 24.6 Å². The van der Waals surface area contributed by atoms with Gasteiger partial charge >= 0.3 is 0 Å². The normalized spacial score (nSPS) is 17.7. The summed E-state index contributed by atoms with van der Waals surface area (Å²) in [7, 11) is 4.14. The molecule has 0 aliphatic carbocycles. The number of aliphatic hydroxyl groups is 2. The zero-order chi connectivity index (χ0) is 16.8. The number of amides is 1. The van der Waals surface area contributed by atoms with Crippen molar-refractivity contribution in [3.63, 3.8) is 0 Å². The monoisotopic (exact) mass is 324 g/mol. The molecule has 1 amide bonds. The number of carbonyl (C=O) groups is 1. The van der Waals surface area contributed by atoms with Crippen LogP contribution in [0.4, 0.5) is 0 Å². The van der Waals surface area contributed by atoms with Gasteiger partial charge in [0.25, 0.3) is 0 Å². The molecular weight excluding hydrogens is 296 g/mol. The third kappa shape index (κ3) is 4.76. The average molecular weight is 324 g/mol. The van der Waals surface area contributed by atoms with Crippen LogP contribution in [0.5, 0.6) is 0 Å². The smallest absolute Gasteiger partial charge is 0.225 e. The minimum absolute atomic E-state index is 0.0218. The van der Waals surface area contributed by atoms with Crippen LogP contribution in [-0.4, -0.2) is 75.3 Å². The molecule has 1 aromatic rings. The largest absolute Gasteiger partial charge is 0.396 e. The van der Waals surface area contributed by atoms with E-state index < -0.39 is 6.10 Å². The summed E-state index contributed by atoms with van der Waals surface area (Å²) in [6.07, 6.45) is 5.08. The Balaban J connectivity index is 1.87. The van der Waals surface area contributed by atoms with Gasteiger partial charge in [-0.25, -0.2) is 4.98 Å². The Labute approximate surface area is 137 Å². The van der Waals surface area contributed by atoms with Gasteiger partial charge in [-0.1, -0.05) is 0 Å². The summed E-state index contributed by atoms with van der Waals surface area (Å²) in [5, 5.41) is 19.2. The number of hydrogen-bond acceptors (Lipinski definition) is 5. The number of rotatable bonds is 7. The SMILES string of the molecule is CN(C)C1CCN(C(=O)C[C@H](O)c2nccn2CCCO)CC1. The van der Waals surface area contributed by atoms with Crippen LogP contribution in [0.25, 0.3) is 0 Å². The van der Waals surface area contributed by atoms with Gasteiger partial charge in [0.15, 0.2) is 0 Å². The molecule has 0 spiro atoms. The Morgan fingerprint density at radius 3 is 2.74 bits per heavy atom. The Morgan fingerprint density at radius 2 is 2.13 bits per heavy atom. The summed E-state index contributed by atoms with van der Waals surface area (Å²) in [5.74, 6) is 0.474. The van der Waals surface area contributed by atoms with Crippen LogP contribution in [0.2, 0.25) is 0 Å². The maximum atomic E-state index is 12.4. The molecule has 0 saturated carbocycles.